The van der Waals surface area contributed by atoms with Crippen LogP contribution in [0, 0.1) is 3.57 Å². The minimum atomic E-state index is 0.883. The third-order valence-electron chi connectivity index (χ3n) is 2.52. The molecule has 2 rings (SSSR count). The number of nitrogens with zero attached hydrogens (tertiary/aromatic N) is 1. The average Bonchev–Trinajstić information content (AvgIpc) is 2.76. The highest BCUT2D eigenvalue weighted by Crippen LogP contribution is 2.12. The molecular formula is C13H15IN2. The van der Waals surface area contributed by atoms with Gasteiger partial charge in [0.25, 0.3) is 0 Å². The van der Waals surface area contributed by atoms with Crippen molar-refractivity contribution < 1.29 is 0 Å². The standard InChI is InChI=1S/C13H15IN2/c1-2-16-8-7-11(10-16)9-15-13-5-3-12(14)4-6-13/h3-8,10,15H,2,9H2,1H3. The fourth-order valence-electron chi connectivity index (χ4n) is 1.56. The van der Waals surface area contributed by atoms with Crippen LogP contribution in [0.25, 0.3) is 0 Å². The minimum Gasteiger partial charge on any atom is -0.381 e. The summed E-state index contributed by atoms with van der Waals surface area (Å²) in [6.07, 6.45) is 4.30. The van der Waals surface area contributed by atoms with Gasteiger partial charge >= 0.3 is 0 Å². The maximum atomic E-state index is 3.41. The van der Waals surface area contributed by atoms with Gasteiger partial charge in [-0.15, -0.1) is 0 Å². The van der Waals surface area contributed by atoms with E-state index in [1.165, 1.54) is 14.8 Å². The summed E-state index contributed by atoms with van der Waals surface area (Å²) in [5.74, 6) is 0. The van der Waals surface area contributed by atoms with Gasteiger partial charge in [0.1, 0.15) is 0 Å². The molecule has 16 heavy (non-hydrogen) atoms. The molecule has 0 bridgehead atoms. The van der Waals surface area contributed by atoms with E-state index in [4.69, 9.17) is 0 Å². The number of hydrogen-bond donors (Lipinski definition) is 1. The monoisotopic (exact) mass is 326 g/mol. The summed E-state index contributed by atoms with van der Waals surface area (Å²) in [5.41, 5.74) is 2.49. The molecule has 1 heterocycles. The Morgan fingerprint density at radius 3 is 2.56 bits per heavy atom. The van der Waals surface area contributed by atoms with Crippen molar-refractivity contribution in [2.75, 3.05) is 5.32 Å². The van der Waals surface area contributed by atoms with Gasteiger partial charge in [0.15, 0.2) is 0 Å². The van der Waals surface area contributed by atoms with E-state index in [1.54, 1.807) is 0 Å². The fraction of sp³-hybridized carbons (Fsp3) is 0.231. The molecule has 0 atom stereocenters. The van der Waals surface area contributed by atoms with Crippen molar-refractivity contribution in [3.63, 3.8) is 0 Å². The molecule has 1 aromatic carbocycles. The average molecular weight is 326 g/mol. The van der Waals surface area contributed by atoms with Gasteiger partial charge in [-0.2, -0.15) is 0 Å². The van der Waals surface area contributed by atoms with Crippen LogP contribution in [0.4, 0.5) is 5.69 Å². The van der Waals surface area contributed by atoms with Gasteiger partial charge in [0.05, 0.1) is 0 Å². The molecular weight excluding hydrogens is 311 g/mol. The van der Waals surface area contributed by atoms with E-state index in [0.717, 1.165) is 13.1 Å². The van der Waals surface area contributed by atoms with Gasteiger partial charge in [-0.3, -0.25) is 0 Å². The van der Waals surface area contributed by atoms with E-state index in [9.17, 15) is 0 Å². The Morgan fingerprint density at radius 2 is 1.94 bits per heavy atom. The molecule has 2 nitrogen and oxygen atoms in total. The number of hydrogen-bond acceptors (Lipinski definition) is 1. The molecule has 0 spiro atoms. The second-order valence-corrected chi connectivity index (χ2v) is 4.96. The number of benzene rings is 1. The lowest BCUT2D eigenvalue weighted by Crippen LogP contribution is -1.98. The Labute approximate surface area is 110 Å². The third-order valence-corrected chi connectivity index (χ3v) is 3.24. The Bertz CT molecular complexity index is 445. The van der Waals surface area contributed by atoms with E-state index >= 15 is 0 Å². The topological polar surface area (TPSA) is 17.0 Å². The second kappa shape index (κ2) is 5.39. The maximum Gasteiger partial charge on any atom is 0.0415 e. The number of anilines is 1. The first-order valence-corrected chi connectivity index (χ1v) is 6.50. The zero-order valence-corrected chi connectivity index (χ0v) is 11.4. The zero-order valence-electron chi connectivity index (χ0n) is 9.28. The maximum absolute atomic E-state index is 3.41. The van der Waals surface area contributed by atoms with Gasteiger partial charge in [-0.05, 0) is 65.4 Å². The molecule has 0 aliphatic rings. The largest absolute Gasteiger partial charge is 0.381 e. The van der Waals surface area contributed by atoms with Crippen LogP contribution in [0.5, 0.6) is 0 Å². The van der Waals surface area contributed by atoms with Gasteiger partial charge < -0.3 is 9.88 Å². The lowest BCUT2D eigenvalue weighted by molar-refractivity contribution is 0.766. The summed E-state index contributed by atoms with van der Waals surface area (Å²) in [6.45, 7) is 4.06. The van der Waals surface area contributed by atoms with Gasteiger partial charge in [-0.1, -0.05) is 0 Å². The molecule has 0 aliphatic heterocycles. The van der Waals surface area contributed by atoms with Crippen LogP contribution in [0.1, 0.15) is 12.5 Å². The van der Waals surface area contributed by atoms with E-state index in [1.807, 2.05) is 0 Å². The lowest BCUT2D eigenvalue weighted by atomic mass is 10.3. The molecule has 0 radical (unpaired) electrons. The summed E-state index contributed by atoms with van der Waals surface area (Å²) in [7, 11) is 0. The van der Waals surface area contributed by atoms with Crippen molar-refractivity contribution in [1.82, 2.24) is 4.57 Å². The molecule has 3 heteroatoms. The van der Waals surface area contributed by atoms with Crippen LogP contribution in [-0.2, 0) is 13.1 Å². The van der Waals surface area contributed by atoms with E-state index in [-0.39, 0.29) is 0 Å². The quantitative estimate of drug-likeness (QED) is 0.848. The first-order chi connectivity index (χ1) is 7.78. The number of nitrogens with one attached hydrogen (secondary N) is 1. The van der Waals surface area contributed by atoms with Crippen LogP contribution in [0.2, 0.25) is 0 Å². The van der Waals surface area contributed by atoms with Gasteiger partial charge in [0.2, 0.25) is 0 Å². The predicted octanol–water partition coefficient (Wildman–Crippen LogP) is 3.72. The van der Waals surface area contributed by atoms with Crippen molar-refractivity contribution in [2.45, 2.75) is 20.0 Å². The molecule has 0 unspecified atom stereocenters. The Morgan fingerprint density at radius 1 is 1.19 bits per heavy atom. The summed E-state index contributed by atoms with van der Waals surface area (Å²) < 4.78 is 3.45. The summed E-state index contributed by atoms with van der Waals surface area (Å²) in [6, 6.07) is 10.6. The van der Waals surface area contributed by atoms with Crippen LogP contribution in [0.3, 0.4) is 0 Å². The summed E-state index contributed by atoms with van der Waals surface area (Å²) in [5, 5.41) is 3.41. The first kappa shape index (κ1) is 11.5. The van der Waals surface area contributed by atoms with Crippen molar-refractivity contribution in [3.05, 3.63) is 51.9 Å². The van der Waals surface area contributed by atoms with E-state index in [2.05, 4.69) is 82.1 Å². The highest BCUT2D eigenvalue weighted by molar-refractivity contribution is 14.1. The van der Waals surface area contributed by atoms with Crippen LogP contribution >= 0.6 is 22.6 Å². The van der Waals surface area contributed by atoms with Gasteiger partial charge in [-0.25, -0.2) is 0 Å². The number of rotatable bonds is 4. The predicted molar refractivity (Wildman–Crippen MR) is 76.6 cm³/mol. The smallest absolute Gasteiger partial charge is 0.0415 e. The van der Waals surface area contributed by atoms with Crippen molar-refractivity contribution >= 4 is 28.3 Å². The molecule has 84 valence electrons. The van der Waals surface area contributed by atoms with Crippen LogP contribution in [0.15, 0.2) is 42.7 Å². The highest BCUT2D eigenvalue weighted by Gasteiger charge is 1.96. The van der Waals surface area contributed by atoms with Crippen molar-refractivity contribution in [2.24, 2.45) is 0 Å². The van der Waals surface area contributed by atoms with Crippen LogP contribution in [-0.4, -0.2) is 4.57 Å². The summed E-state index contributed by atoms with van der Waals surface area (Å²) in [4.78, 5) is 0. The molecule has 2 aromatic rings. The molecule has 1 aromatic heterocycles. The van der Waals surface area contributed by atoms with E-state index in [0.29, 0.717) is 0 Å². The number of aryl methyl sites for hydroxylation is 1. The minimum absolute atomic E-state index is 0.883. The number of halogens is 1. The molecule has 0 saturated heterocycles. The summed E-state index contributed by atoms with van der Waals surface area (Å²) >= 11 is 2.31. The molecule has 0 saturated carbocycles. The fourth-order valence-corrected chi connectivity index (χ4v) is 1.92. The SMILES string of the molecule is CCn1ccc(CNc2ccc(I)cc2)c1. The Hall–Kier alpha value is -0.970. The van der Waals surface area contributed by atoms with Crippen molar-refractivity contribution in [3.8, 4) is 0 Å². The molecule has 1 N–H and O–H groups in total. The normalized spacial score (nSPS) is 10.4. The molecule has 0 aliphatic carbocycles. The highest BCUT2D eigenvalue weighted by atomic mass is 127. The molecule has 0 amide bonds. The van der Waals surface area contributed by atoms with Gasteiger partial charge in [0, 0.05) is 34.7 Å². The molecule has 0 fully saturated rings. The Kier molecular flexibility index (Phi) is 3.88. The number of aromatic nitrogens is 1. The Balaban J connectivity index is 1.94. The van der Waals surface area contributed by atoms with E-state index < -0.39 is 0 Å². The second-order valence-electron chi connectivity index (χ2n) is 3.71. The van der Waals surface area contributed by atoms with Crippen molar-refractivity contribution in [1.29, 1.82) is 0 Å². The zero-order chi connectivity index (χ0) is 11.4. The van der Waals surface area contributed by atoms with Crippen LogP contribution < -0.4 is 5.32 Å². The first-order valence-electron chi connectivity index (χ1n) is 5.42. The lowest BCUT2D eigenvalue weighted by Gasteiger charge is -2.04. The third kappa shape index (κ3) is 3.01.